The molecule has 0 saturated carbocycles. The summed E-state index contributed by atoms with van der Waals surface area (Å²) in [5.41, 5.74) is 10.1. The molecule has 0 amide bonds. The maximum Gasteiger partial charge on any atom is 0.0638 e. The van der Waals surface area contributed by atoms with Gasteiger partial charge in [-0.05, 0) is 54.3 Å². The molecule has 1 aliphatic rings. The van der Waals surface area contributed by atoms with Crippen molar-refractivity contribution in [3.05, 3.63) is 57.6 Å². The summed E-state index contributed by atoms with van der Waals surface area (Å²) in [6, 6.07) is 11.8. The summed E-state index contributed by atoms with van der Waals surface area (Å²) in [5, 5.41) is 4.84. The molecule has 1 atom stereocenters. The van der Waals surface area contributed by atoms with Crippen LogP contribution in [-0.4, -0.2) is 0 Å². The van der Waals surface area contributed by atoms with Crippen LogP contribution < -0.4 is 11.1 Å². The van der Waals surface area contributed by atoms with Crippen molar-refractivity contribution in [1.82, 2.24) is 0 Å². The summed E-state index contributed by atoms with van der Waals surface area (Å²) in [4.78, 5) is 0. The van der Waals surface area contributed by atoms with Crippen LogP contribution in [-0.2, 0) is 6.42 Å². The van der Waals surface area contributed by atoms with Crippen LogP contribution in [0.25, 0.3) is 0 Å². The molecule has 98 valence electrons. The van der Waals surface area contributed by atoms with Gasteiger partial charge in [0.05, 0.1) is 16.8 Å². The third-order valence-corrected chi connectivity index (χ3v) is 4.07. The Morgan fingerprint density at radius 1 is 1.11 bits per heavy atom. The van der Waals surface area contributed by atoms with E-state index in [9.17, 15) is 0 Å². The minimum atomic E-state index is 0.270. The fraction of sp³-hybridized carbons (Fsp3) is 0.200. The Balaban J connectivity index is 1.88. The standard InChI is InChI=1S/C15H14Cl2N2/c16-10-2-5-13(17)15(8-10)19-14-6-1-9-7-11(18)3-4-12(9)14/h2-5,7-8,14,19H,1,6,18H2. The molecule has 0 heterocycles. The van der Waals surface area contributed by atoms with E-state index in [1.165, 1.54) is 11.1 Å². The molecule has 0 saturated heterocycles. The molecule has 1 aliphatic carbocycles. The van der Waals surface area contributed by atoms with Gasteiger partial charge in [-0.15, -0.1) is 0 Å². The highest BCUT2D eigenvalue weighted by molar-refractivity contribution is 6.35. The van der Waals surface area contributed by atoms with E-state index in [1.807, 2.05) is 18.2 Å². The SMILES string of the molecule is Nc1ccc2c(c1)CCC2Nc1cc(Cl)ccc1Cl. The lowest BCUT2D eigenvalue weighted by atomic mass is 10.1. The van der Waals surface area contributed by atoms with Gasteiger partial charge in [-0.3, -0.25) is 0 Å². The number of benzene rings is 2. The first-order valence-corrected chi connectivity index (χ1v) is 6.99. The van der Waals surface area contributed by atoms with Crippen molar-refractivity contribution < 1.29 is 0 Å². The van der Waals surface area contributed by atoms with Crippen molar-refractivity contribution in [2.24, 2.45) is 0 Å². The molecule has 0 aromatic heterocycles. The van der Waals surface area contributed by atoms with Crippen molar-refractivity contribution in [3.63, 3.8) is 0 Å². The predicted molar refractivity (Wildman–Crippen MR) is 82.0 cm³/mol. The van der Waals surface area contributed by atoms with Gasteiger partial charge in [0.2, 0.25) is 0 Å². The van der Waals surface area contributed by atoms with Crippen LogP contribution >= 0.6 is 23.2 Å². The minimum absolute atomic E-state index is 0.270. The molecule has 19 heavy (non-hydrogen) atoms. The number of nitrogens with one attached hydrogen (secondary N) is 1. The Morgan fingerprint density at radius 3 is 2.79 bits per heavy atom. The number of fused-ring (bicyclic) bond motifs is 1. The molecule has 3 N–H and O–H groups in total. The van der Waals surface area contributed by atoms with Crippen molar-refractivity contribution in [1.29, 1.82) is 0 Å². The van der Waals surface area contributed by atoms with Crippen LogP contribution in [0.3, 0.4) is 0 Å². The zero-order valence-corrected chi connectivity index (χ0v) is 11.8. The lowest BCUT2D eigenvalue weighted by molar-refractivity contribution is 0.762. The third-order valence-electron chi connectivity index (χ3n) is 3.50. The molecule has 2 nitrogen and oxygen atoms in total. The van der Waals surface area contributed by atoms with Gasteiger partial charge < -0.3 is 11.1 Å². The van der Waals surface area contributed by atoms with Crippen molar-refractivity contribution in [2.45, 2.75) is 18.9 Å². The summed E-state index contributed by atoms with van der Waals surface area (Å²) < 4.78 is 0. The van der Waals surface area contributed by atoms with E-state index in [2.05, 4.69) is 17.4 Å². The molecule has 4 heteroatoms. The van der Waals surface area contributed by atoms with E-state index in [0.717, 1.165) is 24.2 Å². The van der Waals surface area contributed by atoms with Crippen LogP contribution in [0.2, 0.25) is 10.0 Å². The fourth-order valence-electron chi connectivity index (χ4n) is 2.58. The number of anilines is 2. The Bertz CT molecular complexity index is 626. The molecular weight excluding hydrogens is 279 g/mol. The molecule has 0 aliphatic heterocycles. The van der Waals surface area contributed by atoms with Gasteiger partial charge in [-0.25, -0.2) is 0 Å². The number of nitrogen functional groups attached to an aromatic ring is 1. The number of nitrogens with two attached hydrogens (primary N) is 1. The van der Waals surface area contributed by atoms with E-state index in [0.29, 0.717) is 10.0 Å². The first kappa shape index (κ1) is 12.6. The zero-order chi connectivity index (χ0) is 13.4. The van der Waals surface area contributed by atoms with Gasteiger partial charge in [0.1, 0.15) is 0 Å². The van der Waals surface area contributed by atoms with Crippen LogP contribution in [0.1, 0.15) is 23.6 Å². The highest BCUT2D eigenvalue weighted by Crippen LogP contribution is 2.37. The van der Waals surface area contributed by atoms with Gasteiger partial charge in [0.25, 0.3) is 0 Å². The number of halogens is 2. The summed E-state index contributed by atoms with van der Waals surface area (Å²) in [5.74, 6) is 0. The van der Waals surface area contributed by atoms with Crippen LogP contribution in [0.4, 0.5) is 11.4 Å². The lowest BCUT2D eigenvalue weighted by Crippen LogP contribution is -2.07. The Morgan fingerprint density at radius 2 is 1.95 bits per heavy atom. The Labute approximate surface area is 122 Å². The van der Waals surface area contributed by atoms with Crippen molar-refractivity contribution in [2.75, 3.05) is 11.1 Å². The lowest BCUT2D eigenvalue weighted by Gasteiger charge is -2.17. The number of hydrogen-bond acceptors (Lipinski definition) is 2. The molecule has 0 radical (unpaired) electrons. The Hall–Kier alpha value is -1.38. The number of aryl methyl sites for hydroxylation is 1. The molecule has 2 aromatic carbocycles. The largest absolute Gasteiger partial charge is 0.399 e. The van der Waals surface area contributed by atoms with E-state index in [4.69, 9.17) is 28.9 Å². The smallest absolute Gasteiger partial charge is 0.0638 e. The van der Waals surface area contributed by atoms with Crippen LogP contribution in [0.5, 0.6) is 0 Å². The summed E-state index contributed by atoms with van der Waals surface area (Å²) in [7, 11) is 0. The molecule has 1 unspecified atom stereocenters. The second-order valence-corrected chi connectivity index (χ2v) is 5.66. The first-order valence-electron chi connectivity index (χ1n) is 6.23. The van der Waals surface area contributed by atoms with Gasteiger partial charge in [-0.2, -0.15) is 0 Å². The third kappa shape index (κ3) is 2.51. The number of hydrogen-bond donors (Lipinski definition) is 2. The predicted octanol–water partition coefficient (Wildman–Crippen LogP) is 4.68. The maximum absolute atomic E-state index is 6.19. The van der Waals surface area contributed by atoms with Gasteiger partial charge in [0.15, 0.2) is 0 Å². The zero-order valence-electron chi connectivity index (χ0n) is 10.3. The molecule has 0 spiro atoms. The van der Waals surface area contributed by atoms with Gasteiger partial charge in [0, 0.05) is 10.7 Å². The second kappa shape index (κ2) is 4.95. The minimum Gasteiger partial charge on any atom is -0.399 e. The quantitative estimate of drug-likeness (QED) is 0.789. The highest BCUT2D eigenvalue weighted by atomic mass is 35.5. The topological polar surface area (TPSA) is 38.0 Å². The van der Waals surface area contributed by atoms with E-state index < -0.39 is 0 Å². The average molecular weight is 293 g/mol. The van der Waals surface area contributed by atoms with Crippen LogP contribution in [0, 0.1) is 0 Å². The molecule has 0 fully saturated rings. The highest BCUT2D eigenvalue weighted by Gasteiger charge is 2.22. The average Bonchev–Trinajstić information content (AvgIpc) is 2.76. The van der Waals surface area contributed by atoms with Gasteiger partial charge >= 0.3 is 0 Å². The van der Waals surface area contributed by atoms with E-state index in [-0.39, 0.29) is 6.04 Å². The summed E-state index contributed by atoms with van der Waals surface area (Å²) >= 11 is 12.2. The Kier molecular flexibility index (Phi) is 3.29. The van der Waals surface area contributed by atoms with Gasteiger partial charge in [-0.1, -0.05) is 29.3 Å². The second-order valence-electron chi connectivity index (χ2n) is 4.82. The first-order chi connectivity index (χ1) is 9.13. The van der Waals surface area contributed by atoms with E-state index >= 15 is 0 Å². The monoisotopic (exact) mass is 292 g/mol. The van der Waals surface area contributed by atoms with Crippen molar-refractivity contribution in [3.8, 4) is 0 Å². The van der Waals surface area contributed by atoms with E-state index in [1.54, 1.807) is 6.07 Å². The molecule has 3 rings (SSSR count). The number of rotatable bonds is 2. The summed E-state index contributed by atoms with van der Waals surface area (Å²) in [6.45, 7) is 0. The summed E-state index contributed by atoms with van der Waals surface area (Å²) in [6.07, 6.45) is 2.08. The molecule has 0 bridgehead atoms. The normalized spacial score (nSPS) is 17.3. The molecular formula is C15H14Cl2N2. The molecule has 2 aromatic rings. The fourth-order valence-corrected chi connectivity index (χ4v) is 2.93. The van der Waals surface area contributed by atoms with Crippen molar-refractivity contribution >= 4 is 34.6 Å². The van der Waals surface area contributed by atoms with Crippen LogP contribution in [0.15, 0.2) is 36.4 Å². The maximum atomic E-state index is 6.19.